The molecule has 2 aliphatic carbocycles. The molecule has 3 rings (SSSR count). The van der Waals surface area contributed by atoms with E-state index in [1.165, 1.54) is 19.9 Å². The molecule has 0 unspecified atom stereocenters. The monoisotopic (exact) mass is 484 g/mol. The van der Waals surface area contributed by atoms with Crippen molar-refractivity contribution in [3.8, 4) is 0 Å². The van der Waals surface area contributed by atoms with Gasteiger partial charge in [0.2, 0.25) is 0 Å². The number of carbonyl (C=O) groups is 2. The molecule has 0 spiro atoms. The molecule has 0 amide bonds. The molecule has 1 saturated heterocycles. The Balaban J connectivity index is 2.28. The van der Waals surface area contributed by atoms with Crippen molar-refractivity contribution in [3.63, 3.8) is 0 Å². The molecule has 0 aromatic rings. The Morgan fingerprint density at radius 3 is 2.26 bits per heavy atom. The maximum Gasteiger partial charge on any atom is 0.316 e. The van der Waals surface area contributed by atoms with Crippen LogP contribution in [-0.2, 0) is 19.1 Å². The van der Waals surface area contributed by atoms with Gasteiger partial charge in [-0.2, -0.15) is 0 Å². The average molecular weight is 485 g/mol. The minimum atomic E-state index is -2.33. The quantitative estimate of drug-likeness (QED) is 0.277. The van der Waals surface area contributed by atoms with Gasteiger partial charge in [0.25, 0.3) is 0 Å². The van der Waals surface area contributed by atoms with Crippen molar-refractivity contribution in [1.29, 1.82) is 0 Å². The van der Waals surface area contributed by atoms with Crippen LogP contribution in [0.1, 0.15) is 60.8 Å². The lowest BCUT2D eigenvalue weighted by Crippen LogP contribution is -2.86. The van der Waals surface area contributed by atoms with Gasteiger partial charge in [-0.25, -0.2) is 0 Å². The second-order valence-electron chi connectivity index (χ2n) is 12.0. The van der Waals surface area contributed by atoms with Gasteiger partial charge in [-0.1, -0.05) is 26.8 Å². The number of Topliss-reactive ketones (excluding diaryl/α,β-unsaturated/α-hetero) is 1. The highest BCUT2D eigenvalue weighted by Gasteiger charge is 2.81. The third-order valence-electron chi connectivity index (χ3n) is 9.15. The van der Waals surface area contributed by atoms with E-state index in [9.17, 15) is 35.1 Å². The first kappa shape index (κ1) is 27.2. The van der Waals surface area contributed by atoms with Crippen LogP contribution in [0.5, 0.6) is 0 Å². The summed E-state index contributed by atoms with van der Waals surface area (Å²) >= 11 is 0. The summed E-state index contributed by atoms with van der Waals surface area (Å²) in [4.78, 5) is 26.9. The molecule has 34 heavy (non-hydrogen) atoms. The summed E-state index contributed by atoms with van der Waals surface area (Å²) < 4.78 is 12.1. The van der Waals surface area contributed by atoms with E-state index >= 15 is 0 Å². The van der Waals surface area contributed by atoms with Crippen LogP contribution in [-0.4, -0.2) is 85.6 Å². The molecule has 8 atom stereocenters. The fraction of sp³-hybridized carbons (Fsp3) is 0.840. The number of hydrogen-bond acceptors (Lipinski definition) is 9. The van der Waals surface area contributed by atoms with Gasteiger partial charge in [0.05, 0.1) is 31.0 Å². The third kappa shape index (κ3) is 3.28. The summed E-state index contributed by atoms with van der Waals surface area (Å²) in [6.45, 7) is 12.0. The fourth-order valence-electron chi connectivity index (χ4n) is 6.92. The third-order valence-corrected chi connectivity index (χ3v) is 9.15. The number of rotatable bonds is 5. The van der Waals surface area contributed by atoms with Gasteiger partial charge in [0, 0.05) is 17.8 Å². The first-order valence-electron chi connectivity index (χ1n) is 11.8. The molecule has 5 N–H and O–H groups in total. The van der Waals surface area contributed by atoms with Crippen LogP contribution >= 0.6 is 0 Å². The van der Waals surface area contributed by atoms with Gasteiger partial charge < -0.3 is 35.0 Å². The molecule has 1 aliphatic heterocycles. The van der Waals surface area contributed by atoms with Gasteiger partial charge in [-0.3, -0.25) is 9.59 Å². The number of hydrogen-bond donors (Lipinski definition) is 5. The topological polar surface area (TPSA) is 154 Å². The summed E-state index contributed by atoms with van der Waals surface area (Å²) in [6, 6.07) is 0. The average Bonchev–Trinajstić information content (AvgIpc) is 2.76. The fourth-order valence-corrected chi connectivity index (χ4v) is 6.92. The van der Waals surface area contributed by atoms with E-state index in [1.54, 1.807) is 13.8 Å². The molecule has 2 saturated carbocycles. The molecular weight excluding hydrogens is 444 g/mol. The largest absolute Gasteiger partial charge is 0.456 e. The van der Waals surface area contributed by atoms with Crippen LogP contribution in [0.25, 0.3) is 0 Å². The van der Waals surface area contributed by atoms with Crippen LogP contribution in [0.2, 0.25) is 0 Å². The number of fused-ring (bicyclic) bond motifs is 3. The van der Waals surface area contributed by atoms with Crippen molar-refractivity contribution in [2.75, 3.05) is 13.2 Å². The van der Waals surface area contributed by atoms with Gasteiger partial charge in [-0.15, -0.1) is 6.58 Å². The van der Waals surface area contributed by atoms with Crippen LogP contribution in [0.4, 0.5) is 0 Å². The van der Waals surface area contributed by atoms with E-state index in [-0.39, 0.29) is 6.42 Å². The highest BCUT2D eigenvalue weighted by Crippen LogP contribution is 2.67. The van der Waals surface area contributed by atoms with Crippen LogP contribution in [0.15, 0.2) is 12.7 Å². The van der Waals surface area contributed by atoms with Gasteiger partial charge in [0.15, 0.2) is 17.5 Å². The van der Waals surface area contributed by atoms with Crippen LogP contribution < -0.4 is 0 Å². The second-order valence-corrected chi connectivity index (χ2v) is 12.0. The molecule has 9 heteroatoms. The minimum Gasteiger partial charge on any atom is -0.456 e. The van der Waals surface area contributed by atoms with Crippen LogP contribution in [0, 0.1) is 22.2 Å². The maximum absolute atomic E-state index is 13.8. The lowest BCUT2D eigenvalue weighted by molar-refractivity contribution is -0.371. The molecule has 9 nitrogen and oxygen atoms in total. The number of esters is 1. The lowest BCUT2D eigenvalue weighted by atomic mass is 9.40. The molecule has 1 heterocycles. The molecular formula is C25H40O9. The summed E-state index contributed by atoms with van der Waals surface area (Å²) in [7, 11) is 0. The Bertz CT molecular complexity index is 866. The Morgan fingerprint density at radius 2 is 1.76 bits per heavy atom. The second kappa shape index (κ2) is 8.08. The van der Waals surface area contributed by atoms with Crippen molar-refractivity contribution >= 4 is 11.8 Å². The van der Waals surface area contributed by atoms with E-state index in [1.807, 2.05) is 13.8 Å². The molecule has 3 fully saturated rings. The first-order chi connectivity index (χ1) is 15.4. The lowest BCUT2D eigenvalue weighted by Gasteiger charge is -2.71. The minimum absolute atomic E-state index is 0.222. The highest BCUT2D eigenvalue weighted by molar-refractivity contribution is 5.92. The van der Waals surface area contributed by atoms with Gasteiger partial charge >= 0.3 is 5.97 Å². The summed E-state index contributed by atoms with van der Waals surface area (Å²) in [5, 5.41) is 54.7. The predicted octanol–water partition coefficient (Wildman–Crippen LogP) is 0.491. The predicted molar refractivity (Wildman–Crippen MR) is 121 cm³/mol. The summed E-state index contributed by atoms with van der Waals surface area (Å²) in [5.74, 6) is -2.47. The Hall–Kier alpha value is -1.36. The molecule has 0 aromatic heterocycles. The van der Waals surface area contributed by atoms with E-state index in [2.05, 4.69) is 6.58 Å². The van der Waals surface area contributed by atoms with Crippen molar-refractivity contribution < 1.29 is 44.6 Å². The normalized spacial score (nSPS) is 46.3. The Labute approximate surface area is 200 Å². The van der Waals surface area contributed by atoms with E-state index in [0.717, 1.165) is 0 Å². The zero-order chi connectivity index (χ0) is 26.1. The van der Waals surface area contributed by atoms with Gasteiger partial charge in [-0.05, 0) is 39.0 Å². The number of carbonyl (C=O) groups excluding carboxylic acids is 2. The molecule has 0 aromatic carbocycles. The smallest absolute Gasteiger partial charge is 0.316 e. The van der Waals surface area contributed by atoms with E-state index < -0.39 is 82.2 Å². The van der Waals surface area contributed by atoms with E-state index in [0.29, 0.717) is 12.8 Å². The van der Waals surface area contributed by atoms with Gasteiger partial charge in [0.1, 0.15) is 11.0 Å². The SMILES string of the molecule is C=C[C@@]1(C)CC(=O)[C@]2(O)[C@@]3(C)[C@@H](O)CCC(C)(C)[C@@H]3[C@H](O)[C@H](OC(=O)C(C)(CO)CO)[C@@]2(C)O1. The van der Waals surface area contributed by atoms with Crippen molar-refractivity contribution in [1.82, 2.24) is 0 Å². The summed E-state index contributed by atoms with van der Waals surface area (Å²) in [5.41, 5.74) is -9.40. The first-order valence-corrected chi connectivity index (χ1v) is 11.8. The number of ketones is 1. The standard InChI is InChI=1S/C25H40O9/c1-8-22(5)11-15(29)25(32)23(6)14(28)9-10-20(2,3)17(23)16(30)18(24(25,7)34-22)33-19(31)21(4,12-26)13-27/h8,14,16-18,26-28,30,32H,1,9-13H2,2-7H3/t14-,16-,17-,18-,22-,23-,24+,25-/m0/s1. The molecule has 3 aliphatic rings. The van der Waals surface area contributed by atoms with Crippen molar-refractivity contribution in [3.05, 3.63) is 12.7 Å². The highest BCUT2D eigenvalue weighted by atomic mass is 16.6. The number of aliphatic hydroxyl groups excluding tert-OH is 4. The summed E-state index contributed by atoms with van der Waals surface area (Å²) in [6.07, 6.45) is -2.12. The van der Waals surface area contributed by atoms with Crippen molar-refractivity contribution in [2.24, 2.45) is 22.2 Å². The zero-order valence-electron chi connectivity index (χ0n) is 21.0. The molecule has 0 radical (unpaired) electrons. The van der Waals surface area contributed by atoms with Crippen LogP contribution in [0.3, 0.4) is 0 Å². The van der Waals surface area contributed by atoms with E-state index in [4.69, 9.17) is 9.47 Å². The Morgan fingerprint density at radius 1 is 1.21 bits per heavy atom. The molecule has 194 valence electrons. The molecule has 0 bridgehead atoms. The van der Waals surface area contributed by atoms with Crippen molar-refractivity contribution in [2.45, 2.75) is 95.9 Å². The number of aliphatic hydroxyl groups is 5. The number of ether oxygens (including phenoxy) is 2. The zero-order valence-corrected chi connectivity index (χ0v) is 21.0. The maximum atomic E-state index is 13.8. The Kier molecular flexibility index (Phi) is 6.47.